The minimum atomic E-state index is -0.191. The van der Waals surface area contributed by atoms with Gasteiger partial charge in [0.15, 0.2) is 6.29 Å². The van der Waals surface area contributed by atoms with Gasteiger partial charge in [-0.15, -0.1) is 0 Å². The summed E-state index contributed by atoms with van der Waals surface area (Å²) in [6.45, 7) is 1.43. The van der Waals surface area contributed by atoms with Gasteiger partial charge in [-0.05, 0) is 6.07 Å². The molecule has 5 nitrogen and oxygen atoms in total. The van der Waals surface area contributed by atoms with Crippen LogP contribution in [0.5, 0.6) is 0 Å². The van der Waals surface area contributed by atoms with Gasteiger partial charge in [0.1, 0.15) is 0 Å². The molecule has 80 valence electrons. The Kier molecular flexibility index (Phi) is 4.58. The summed E-state index contributed by atoms with van der Waals surface area (Å²) < 4.78 is 11.9. The number of nitrogens with one attached hydrogen (secondary N) is 1. The Balaban J connectivity index is 2.24. The molecular weight excluding hydrogens is 182 g/mol. The Labute approximate surface area is 84.0 Å². The molecule has 0 saturated carbocycles. The van der Waals surface area contributed by atoms with E-state index in [1.54, 1.807) is 20.4 Å². The molecule has 0 saturated heterocycles. The van der Waals surface area contributed by atoms with Crippen LogP contribution in [-0.2, 0) is 23.1 Å². The third-order valence-corrected chi connectivity index (χ3v) is 2.07. The summed E-state index contributed by atoms with van der Waals surface area (Å²) in [6, 6.07) is 1.97. The summed E-state index contributed by atoms with van der Waals surface area (Å²) in [4.78, 5) is 0. The second-order valence-corrected chi connectivity index (χ2v) is 2.98. The van der Waals surface area contributed by atoms with Gasteiger partial charge >= 0.3 is 0 Å². The van der Waals surface area contributed by atoms with Crippen molar-refractivity contribution in [2.24, 2.45) is 7.05 Å². The number of methoxy groups -OCH3 is 2. The van der Waals surface area contributed by atoms with E-state index in [-0.39, 0.29) is 6.29 Å². The average molecular weight is 199 g/mol. The SMILES string of the molecule is COC(CNCc1ccnn1C)OC. The van der Waals surface area contributed by atoms with E-state index in [1.165, 1.54) is 0 Å². The van der Waals surface area contributed by atoms with Crippen LogP contribution in [0.3, 0.4) is 0 Å². The molecule has 14 heavy (non-hydrogen) atoms. The van der Waals surface area contributed by atoms with Crippen LogP contribution in [0.4, 0.5) is 0 Å². The molecule has 0 radical (unpaired) electrons. The lowest BCUT2D eigenvalue weighted by Crippen LogP contribution is -2.29. The second kappa shape index (κ2) is 5.74. The standard InChI is InChI=1S/C9H17N3O2/c1-12-8(4-5-11-12)6-10-7-9(13-2)14-3/h4-5,9-10H,6-7H2,1-3H3. The van der Waals surface area contributed by atoms with Gasteiger partial charge in [0, 0.05) is 40.6 Å². The van der Waals surface area contributed by atoms with Crippen LogP contribution < -0.4 is 5.32 Å². The van der Waals surface area contributed by atoms with Crippen molar-refractivity contribution >= 4 is 0 Å². The van der Waals surface area contributed by atoms with Crippen LogP contribution in [0.1, 0.15) is 5.69 Å². The van der Waals surface area contributed by atoms with E-state index in [0.717, 1.165) is 12.2 Å². The highest BCUT2D eigenvalue weighted by Crippen LogP contribution is 1.95. The molecule has 0 aromatic carbocycles. The Bertz CT molecular complexity index is 258. The maximum atomic E-state index is 5.04. The summed E-state index contributed by atoms with van der Waals surface area (Å²) in [6.07, 6.45) is 1.59. The normalized spacial score (nSPS) is 11.1. The van der Waals surface area contributed by atoms with Crippen LogP contribution >= 0.6 is 0 Å². The van der Waals surface area contributed by atoms with Gasteiger partial charge < -0.3 is 14.8 Å². The van der Waals surface area contributed by atoms with E-state index < -0.39 is 0 Å². The van der Waals surface area contributed by atoms with Crippen molar-refractivity contribution in [2.75, 3.05) is 20.8 Å². The van der Waals surface area contributed by atoms with E-state index >= 15 is 0 Å². The molecule has 1 aromatic heterocycles. The first kappa shape index (κ1) is 11.2. The minimum absolute atomic E-state index is 0.191. The van der Waals surface area contributed by atoms with Crippen molar-refractivity contribution in [1.29, 1.82) is 0 Å². The lowest BCUT2D eigenvalue weighted by atomic mass is 10.4. The van der Waals surface area contributed by atoms with Crippen molar-refractivity contribution in [3.8, 4) is 0 Å². The average Bonchev–Trinajstić information content (AvgIpc) is 2.59. The van der Waals surface area contributed by atoms with Crippen LogP contribution in [0.25, 0.3) is 0 Å². The largest absolute Gasteiger partial charge is 0.355 e. The van der Waals surface area contributed by atoms with Crippen LogP contribution in [0, 0.1) is 0 Å². The topological polar surface area (TPSA) is 48.3 Å². The Morgan fingerprint density at radius 3 is 2.71 bits per heavy atom. The summed E-state index contributed by atoms with van der Waals surface area (Å²) in [5, 5.41) is 7.29. The van der Waals surface area contributed by atoms with E-state index in [9.17, 15) is 0 Å². The predicted molar refractivity (Wildman–Crippen MR) is 52.7 cm³/mol. The highest BCUT2D eigenvalue weighted by Gasteiger charge is 2.04. The molecule has 0 aliphatic rings. The molecule has 0 spiro atoms. The first-order valence-corrected chi connectivity index (χ1v) is 4.51. The fourth-order valence-electron chi connectivity index (χ4n) is 1.16. The van der Waals surface area contributed by atoms with Gasteiger partial charge in [-0.25, -0.2) is 0 Å². The van der Waals surface area contributed by atoms with E-state index in [4.69, 9.17) is 9.47 Å². The Morgan fingerprint density at radius 1 is 1.50 bits per heavy atom. The Hall–Kier alpha value is -0.910. The lowest BCUT2D eigenvalue weighted by molar-refractivity contribution is -0.0989. The van der Waals surface area contributed by atoms with Gasteiger partial charge in [-0.1, -0.05) is 0 Å². The highest BCUT2D eigenvalue weighted by molar-refractivity contribution is 4.98. The summed E-state index contributed by atoms with van der Waals surface area (Å²) in [5.74, 6) is 0. The third-order valence-electron chi connectivity index (χ3n) is 2.07. The molecule has 0 amide bonds. The summed E-state index contributed by atoms with van der Waals surface area (Å²) in [5.41, 5.74) is 1.14. The van der Waals surface area contributed by atoms with Gasteiger partial charge in [0.05, 0.1) is 5.69 Å². The number of ether oxygens (including phenoxy) is 2. The molecule has 1 rings (SSSR count). The van der Waals surface area contributed by atoms with Crippen molar-refractivity contribution in [1.82, 2.24) is 15.1 Å². The fraction of sp³-hybridized carbons (Fsp3) is 0.667. The van der Waals surface area contributed by atoms with E-state index in [1.807, 2.05) is 17.8 Å². The van der Waals surface area contributed by atoms with Gasteiger partial charge in [-0.2, -0.15) is 5.10 Å². The van der Waals surface area contributed by atoms with Crippen LogP contribution in [-0.4, -0.2) is 36.8 Å². The molecule has 0 aliphatic heterocycles. The van der Waals surface area contributed by atoms with E-state index in [0.29, 0.717) is 6.54 Å². The zero-order valence-corrected chi connectivity index (χ0v) is 8.86. The molecular formula is C9H17N3O2. The maximum absolute atomic E-state index is 5.04. The predicted octanol–water partition coefficient (Wildman–Crippen LogP) is 0.129. The van der Waals surface area contributed by atoms with Crippen molar-refractivity contribution in [3.63, 3.8) is 0 Å². The quantitative estimate of drug-likeness (QED) is 0.661. The van der Waals surface area contributed by atoms with Crippen LogP contribution in [0.2, 0.25) is 0 Å². The smallest absolute Gasteiger partial charge is 0.169 e. The molecule has 0 aliphatic carbocycles. The molecule has 0 atom stereocenters. The molecule has 0 unspecified atom stereocenters. The first-order valence-electron chi connectivity index (χ1n) is 4.51. The first-order chi connectivity index (χ1) is 6.77. The summed E-state index contributed by atoms with van der Waals surface area (Å²) >= 11 is 0. The Morgan fingerprint density at radius 2 is 2.21 bits per heavy atom. The lowest BCUT2D eigenvalue weighted by Gasteiger charge is -2.13. The number of rotatable bonds is 6. The fourth-order valence-corrected chi connectivity index (χ4v) is 1.16. The molecule has 0 bridgehead atoms. The highest BCUT2D eigenvalue weighted by atomic mass is 16.7. The van der Waals surface area contributed by atoms with Gasteiger partial charge in [0.2, 0.25) is 0 Å². The van der Waals surface area contributed by atoms with Crippen molar-refractivity contribution < 1.29 is 9.47 Å². The molecule has 1 aromatic rings. The number of nitrogens with zero attached hydrogens (tertiary/aromatic N) is 2. The van der Waals surface area contributed by atoms with Crippen molar-refractivity contribution in [3.05, 3.63) is 18.0 Å². The molecule has 5 heteroatoms. The monoisotopic (exact) mass is 199 g/mol. The minimum Gasteiger partial charge on any atom is -0.355 e. The van der Waals surface area contributed by atoms with Gasteiger partial charge in [0.25, 0.3) is 0 Å². The number of aromatic nitrogens is 2. The summed E-state index contributed by atoms with van der Waals surface area (Å²) in [7, 11) is 5.17. The zero-order valence-electron chi connectivity index (χ0n) is 8.86. The number of hydrogen-bond donors (Lipinski definition) is 1. The maximum Gasteiger partial charge on any atom is 0.169 e. The van der Waals surface area contributed by atoms with Crippen molar-refractivity contribution in [2.45, 2.75) is 12.8 Å². The van der Waals surface area contributed by atoms with E-state index in [2.05, 4.69) is 10.4 Å². The molecule has 1 heterocycles. The molecule has 0 fully saturated rings. The molecule has 1 N–H and O–H groups in total. The van der Waals surface area contributed by atoms with Crippen LogP contribution in [0.15, 0.2) is 12.3 Å². The second-order valence-electron chi connectivity index (χ2n) is 2.98. The number of hydrogen-bond acceptors (Lipinski definition) is 4. The zero-order chi connectivity index (χ0) is 10.4. The number of aryl methyl sites for hydroxylation is 1. The van der Waals surface area contributed by atoms with Gasteiger partial charge in [-0.3, -0.25) is 4.68 Å². The third kappa shape index (κ3) is 3.10.